The zero-order chi connectivity index (χ0) is 13.8. The van der Waals surface area contributed by atoms with E-state index in [2.05, 4.69) is 9.97 Å². The van der Waals surface area contributed by atoms with Crippen molar-refractivity contribution in [1.82, 2.24) is 9.97 Å². The Bertz CT molecular complexity index is 650. The predicted octanol–water partition coefficient (Wildman–Crippen LogP) is 2.40. The van der Waals surface area contributed by atoms with Crippen molar-refractivity contribution >= 4 is 23.1 Å². The first-order valence-corrected chi connectivity index (χ1v) is 5.93. The molecule has 1 aromatic carbocycles. The van der Waals surface area contributed by atoms with Crippen LogP contribution in [0.4, 0.5) is 0 Å². The summed E-state index contributed by atoms with van der Waals surface area (Å²) in [5.74, 6) is -1.24. The van der Waals surface area contributed by atoms with Gasteiger partial charge in [-0.15, -0.1) is 0 Å². The van der Waals surface area contributed by atoms with Crippen LogP contribution in [0.3, 0.4) is 0 Å². The minimum absolute atomic E-state index is 0.207. The fraction of sp³-hybridized carbons (Fsp3) is 0.214. The number of carbonyl (C=O) groups is 1. The van der Waals surface area contributed by atoms with E-state index in [1.165, 1.54) is 6.08 Å². The lowest BCUT2D eigenvalue weighted by molar-refractivity contribution is -0.141. The minimum Gasteiger partial charge on any atom is -0.502 e. The normalized spacial score (nSPS) is 11.6. The number of rotatable bonds is 3. The van der Waals surface area contributed by atoms with Crippen molar-refractivity contribution in [1.29, 1.82) is 0 Å². The SMILES string of the molecule is CCOC(=O)/C(O)=C\c1nc2ccccc2nc1C. The smallest absolute Gasteiger partial charge is 0.373 e. The summed E-state index contributed by atoms with van der Waals surface area (Å²) >= 11 is 0. The topological polar surface area (TPSA) is 72.3 Å². The summed E-state index contributed by atoms with van der Waals surface area (Å²) in [6.45, 7) is 3.65. The van der Waals surface area contributed by atoms with Gasteiger partial charge in [-0.3, -0.25) is 0 Å². The zero-order valence-corrected chi connectivity index (χ0v) is 10.8. The average molecular weight is 258 g/mol. The van der Waals surface area contributed by atoms with Gasteiger partial charge in [0.1, 0.15) is 0 Å². The number of hydrogen-bond acceptors (Lipinski definition) is 5. The summed E-state index contributed by atoms with van der Waals surface area (Å²) in [5.41, 5.74) is 2.56. The van der Waals surface area contributed by atoms with E-state index < -0.39 is 11.7 Å². The first-order valence-electron chi connectivity index (χ1n) is 5.93. The number of ether oxygens (including phenoxy) is 1. The number of aliphatic hydroxyl groups is 1. The van der Waals surface area contributed by atoms with E-state index >= 15 is 0 Å². The van der Waals surface area contributed by atoms with Crippen molar-refractivity contribution in [3.05, 3.63) is 41.4 Å². The van der Waals surface area contributed by atoms with E-state index in [1.807, 2.05) is 24.3 Å². The molecule has 2 rings (SSSR count). The third-order valence-electron chi connectivity index (χ3n) is 2.54. The molecule has 5 nitrogen and oxygen atoms in total. The van der Waals surface area contributed by atoms with Crippen LogP contribution >= 0.6 is 0 Å². The molecule has 0 bridgehead atoms. The minimum atomic E-state index is -0.767. The molecule has 1 N–H and O–H groups in total. The average Bonchev–Trinajstić information content (AvgIpc) is 2.39. The number of nitrogens with zero attached hydrogens (tertiary/aromatic N) is 2. The summed E-state index contributed by atoms with van der Waals surface area (Å²) in [5, 5.41) is 9.62. The molecule has 98 valence electrons. The van der Waals surface area contributed by atoms with E-state index in [1.54, 1.807) is 13.8 Å². The quantitative estimate of drug-likeness (QED) is 0.520. The molecule has 0 radical (unpaired) electrons. The Hall–Kier alpha value is -2.43. The van der Waals surface area contributed by atoms with Crippen LogP contribution in [0, 0.1) is 6.92 Å². The summed E-state index contributed by atoms with van der Waals surface area (Å²) in [7, 11) is 0. The predicted molar refractivity (Wildman–Crippen MR) is 71.5 cm³/mol. The molecule has 0 atom stereocenters. The molecule has 0 saturated carbocycles. The third kappa shape index (κ3) is 2.88. The van der Waals surface area contributed by atoms with Crippen LogP contribution in [0.25, 0.3) is 17.1 Å². The van der Waals surface area contributed by atoms with Gasteiger partial charge in [-0.25, -0.2) is 14.8 Å². The van der Waals surface area contributed by atoms with Crippen LogP contribution in [0.2, 0.25) is 0 Å². The molecule has 0 aliphatic rings. The van der Waals surface area contributed by atoms with Crippen LogP contribution in [-0.2, 0) is 9.53 Å². The molecule has 0 aliphatic heterocycles. The Morgan fingerprint density at radius 3 is 2.58 bits per heavy atom. The molecule has 19 heavy (non-hydrogen) atoms. The maximum absolute atomic E-state index is 11.3. The van der Waals surface area contributed by atoms with Crippen molar-refractivity contribution in [3.8, 4) is 0 Å². The van der Waals surface area contributed by atoms with Crippen molar-refractivity contribution < 1.29 is 14.6 Å². The maximum Gasteiger partial charge on any atom is 0.373 e. The van der Waals surface area contributed by atoms with Crippen LogP contribution in [0.5, 0.6) is 0 Å². The molecule has 0 fully saturated rings. The Kier molecular flexibility index (Phi) is 3.75. The highest BCUT2D eigenvalue weighted by atomic mass is 16.5. The summed E-state index contributed by atoms with van der Waals surface area (Å²) in [6, 6.07) is 7.40. The molecule has 0 unspecified atom stereocenters. The number of aryl methyl sites for hydroxylation is 1. The Morgan fingerprint density at radius 2 is 1.95 bits per heavy atom. The molecular weight excluding hydrogens is 244 g/mol. The highest BCUT2D eigenvalue weighted by Crippen LogP contribution is 2.14. The number of hydrogen-bond donors (Lipinski definition) is 1. The monoisotopic (exact) mass is 258 g/mol. The van der Waals surface area contributed by atoms with Gasteiger partial charge in [0.25, 0.3) is 0 Å². The lowest BCUT2D eigenvalue weighted by Gasteiger charge is -2.04. The highest BCUT2D eigenvalue weighted by Gasteiger charge is 2.10. The number of benzene rings is 1. The lowest BCUT2D eigenvalue weighted by atomic mass is 10.2. The van der Waals surface area contributed by atoms with Crippen LogP contribution in [0.1, 0.15) is 18.3 Å². The standard InChI is InChI=1S/C14H14N2O3/c1-3-19-14(18)13(17)8-12-9(2)15-10-6-4-5-7-11(10)16-12/h4-8,17H,3H2,1-2H3/b13-8+. The first kappa shape index (κ1) is 13.0. The summed E-state index contributed by atoms with van der Waals surface area (Å²) in [4.78, 5) is 20.0. The Labute approximate surface area is 110 Å². The number of aliphatic hydroxyl groups excluding tert-OH is 1. The fourth-order valence-corrected chi connectivity index (χ4v) is 1.63. The number of fused-ring (bicyclic) bond motifs is 1. The van der Waals surface area contributed by atoms with Crippen molar-refractivity contribution in [2.75, 3.05) is 6.61 Å². The van der Waals surface area contributed by atoms with Crippen molar-refractivity contribution in [2.45, 2.75) is 13.8 Å². The largest absolute Gasteiger partial charge is 0.502 e. The van der Waals surface area contributed by atoms with Gasteiger partial charge in [0.05, 0.1) is 29.0 Å². The molecule has 0 saturated heterocycles. The van der Waals surface area contributed by atoms with Gasteiger partial charge >= 0.3 is 5.97 Å². The molecule has 2 aromatic rings. The van der Waals surface area contributed by atoms with Crippen LogP contribution in [0.15, 0.2) is 30.0 Å². The molecule has 1 heterocycles. The second-order valence-electron chi connectivity index (χ2n) is 3.93. The van der Waals surface area contributed by atoms with Crippen molar-refractivity contribution in [3.63, 3.8) is 0 Å². The van der Waals surface area contributed by atoms with E-state index in [0.29, 0.717) is 16.9 Å². The summed E-state index contributed by atoms with van der Waals surface area (Å²) < 4.78 is 4.70. The Morgan fingerprint density at radius 1 is 1.32 bits per heavy atom. The van der Waals surface area contributed by atoms with Crippen LogP contribution in [-0.4, -0.2) is 27.7 Å². The molecule has 0 aliphatic carbocycles. The van der Waals surface area contributed by atoms with Gasteiger partial charge in [0.2, 0.25) is 5.76 Å². The van der Waals surface area contributed by atoms with E-state index in [4.69, 9.17) is 4.74 Å². The van der Waals surface area contributed by atoms with Crippen molar-refractivity contribution in [2.24, 2.45) is 0 Å². The fourth-order valence-electron chi connectivity index (χ4n) is 1.63. The van der Waals surface area contributed by atoms with Crippen LogP contribution < -0.4 is 0 Å². The molecule has 5 heteroatoms. The first-order chi connectivity index (χ1) is 9.11. The van der Waals surface area contributed by atoms with Gasteiger partial charge in [-0.05, 0) is 26.0 Å². The molecule has 0 amide bonds. The Balaban J connectivity index is 2.42. The van der Waals surface area contributed by atoms with E-state index in [0.717, 1.165) is 5.52 Å². The van der Waals surface area contributed by atoms with Gasteiger partial charge in [0.15, 0.2) is 0 Å². The third-order valence-corrected chi connectivity index (χ3v) is 2.54. The summed E-state index contributed by atoms with van der Waals surface area (Å²) in [6.07, 6.45) is 1.27. The van der Waals surface area contributed by atoms with Gasteiger partial charge in [-0.1, -0.05) is 12.1 Å². The van der Waals surface area contributed by atoms with E-state index in [9.17, 15) is 9.90 Å². The number of para-hydroxylation sites is 2. The van der Waals surface area contributed by atoms with Gasteiger partial charge < -0.3 is 9.84 Å². The molecular formula is C14H14N2O3. The number of esters is 1. The zero-order valence-electron chi connectivity index (χ0n) is 10.8. The van der Waals surface area contributed by atoms with Gasteiger partial charge in [0, 0.05) is 6.08 Å². The highest BCUT2D eigenvalue weighted by molar-refractivity contribution is 5.91. The maximum atomic E-state index is 11.3. The number of carbonyl (C=O) groups excluding carboxylic acids is 1. The number of aromatic nitrogens is 2. The lowest BCUT2D eigenvalue weighted by Crippen LogP contribution is -2.07. The molecule has 1 aromatic heterocycles. The van der Waals surface area contributed by atoms with Gasteiger partial charge in [-0.2, -0.15) is 0 Å². The van der Waals surface area contributed by atoms with E-state index in [-0.39, 0.29) is 6.61 Å². The molecule has 0 spiro atoms. The second-order valence-corrected chi connectivity index (χ2v) is 3.93. The second kappa shape index (κ2) is 5.48.